The molecule has 1 aliphatic rings. The van der Waals surface area contributed by atoms with E-state index in [2.05, 4.69) is 34.0 Å². The second-order valence-electron chi connectivity index (χ2n) is 6.98. The molecule has 5 heteroatoms. The number of amides is 1. The van der Waals surface area contributed by atoms with Crippen LogP contribution in [0.15, 0.2) is 24.3 Å². The number of benzene rings is 1. The van der Waals surface area contributed by atoms with Crippen LogP contribution in [0.5, 0.6) is 0 Å². The molecule has 1 saturated heterocycles. The highest BCUT2D eigenvalue weighted by Crippen LogP contribution is 2.18. The van der Waals surface area contributed by atoms with Gasteiger partial charge in [-0.3, -0.25) is 14.5 Å². The first-order valence-corrected chi connectivity index (χ1v) is 9.19. The van der Waals surface area contributed by atoms with Crippen molar-refractivity contribution < 1.29 is 14.3 Å². The first-order valence-electron chi connectivity index (χ1n) is 9.19. The molecule has 1 fully saturated rings. The molecule has 2 rings (SSSR count). The first-order chi connectivity index (χ1) is 12.0. The number of hydrogen-bond acceptors (Lipinski definition) is 4. The number of carbonyl (C=O) groups excluding carboxylic acids is 2. The summed E-state index contributed by atoms with van der Waals surface area (Å²) in [5.41, 5.74) is 2.32. The van der Waals surface area contributed by atoms with Crippen LogP contribution in [0.1, 0.15) is 44.2 Å². The lowest BCUT2D eigenvalue weighted by atomic mass is 9.98. The minimum atomic E-state index is -0.733. The van der Waals surface area contributed by atoms with E-state index in [-0.39, 0.29) is 5.91 Å². The van der Waals surface area contributed by atoms with Gasteiger partial charge in [0.05, 0.1) is 7.11 Å². The predicted octanol–water partition coefficient (Wildman–Crippen LogP) is 2.73. The number of hydrogen-bond donors (Lipinski definition) is 1. The number of rotatable bonds is 7. The molecule has 1 aliphatic heterocycles. The molecule has 0 bridgehead atoms. The van der Waals surface area contributed by atoms with Gasteiger partial charge in [0.2, 0.25) is 5.91 Å². The molecule has 0 radical (unpaired) electrons. The maximum absolute atomic E-state index is 12.2. The SMILES string of the molecule is CCC(C(=O)NCc1cccc(CN2CCC(C)CC2)c1)C(=O)OC. The Morgan fingerprint density at radius 1 is 1.28 bits per heavy atom. The average Bonchev–Trinajstić information content (AvgIpc) is 2.62. The summed E-state index contributed by atoms with van der Waals surface area (Å²) in [5.74, 6) is -0.652. The lowest BCUT2D eigenvalue weighted by Gasteiger charge is -2.30. The summed E-state index contributed by atoms with van der Waals surface area (Å²) in [6, 6.07) is 8.30. The Balaban J connectivity index is 1.88. The summed E-state index contributed by atoms with van der Waals surface area (Å²) in [7, 11) is 1.31. The van der Waals surface area contributed by atoms with E-state index in [9.17, 15) is 9.59 Å². The summed E-state index contributed by atoms with van der Waals surface area (Å²) in [6.45, 7) is 7.81. The molecule has 25 heavy (non-hydrogen) atoms. The number of carbonyl (C=O) groups is 2. The van der Waals surface area contributed by atoms with Crippen molar-refractivity contribution >= 4 is 11.9 Å². The monoisotopic (exact) mass is 346 g/mol. The van der Waals surface area contributed by atoms with Gasteiger partial charge in [-0.25, -0.2) is 0 Å². The molecular weight excluding hydrogens is 316 g/mol. The summed E-state index contributed by atoms with van der Waals surface area (Å²) in [4.78, 5) is 26.3. The number of esters is 1. The molecular formula is C20H30N2O3. The Morgan fingerprint density at radius 2 is 1.96 bits per heavy atom. The summed E-state index contributed by atoms with van der Waals surface area (Å²) < 4.78 is 4.68. The quantitative estimate of drug-likeness (QED) is 0.609. The normalized spacial score (nSPS) is 17.1. The van der Waals surface area contributed by atoms with Gasteiger partial charge in [0.1, 0.15) is 5.92 Å². The summed E-state index contributed by atoms with van der Waals surface area (Å²) >= 11 is 0. The highest BCUT2D eigenvalue weighted by molar-refractivity contribution is 5.97. The Bertz CT molecular complexity index is 580. The highest BCUT2D eigenvalue weighted by Gasteiger charge is 2.25. The summed E-state index contributed by atoms with van der Waals surface area (Å²) in [6.07, 6.45) is 2.97. The zero-order chi connectivity index (χ0) is 18.2. The molecule has 1 N–H and O–H groups in total. The van der Waals surface area contributed by atoms with Crippen LogP contribution in [-0.4, -0.2) is 37.0 Å². The van der Waals surface area contributed by atoms with Crippen LogP contribution in [0, 0.1) is 11.8 Å². The molecule has 0 spiro atoms. The Kier molecular flexibility index (Phi) is 7.44. The van der Waals surface area contributed by atoms with Gasteiger partial charge in [0, 0.05) is 13.1 Å². The van der Waals surface area contributed by atoms with E-state index < -0.39 is 11.9 Å². The van der Waals surface area contributed by atoms with Crippen molar-refractivity contribution in [3.8, 4) is 0 Å². The maximum atomic E-state index is 12.2. The van der Waals surface area contributed by atoms with Crippen molar-refractivity contribution in [3.63, 3.8) is 0 Å². The van der Waals surface area contributed by atoms with Crippen molar-refractivity contribution in [2.45, 2.75) is 46.2 Å². The van der Waals surface area contributed by atoms with Crippen LogP contribution in [0.3, 0.4) is 0 Å². The van der Waals surface area contributed by atoms with E-state index in [1.54, 1.807) is 6.92 Å². The number of ether oxygens (including phenoxy) is 1. The largest absolute Gasteiger partial charge is 0.468 e. The molecule has 1 atom stereocenters. The maximum Gasteiger partial charge on any atom is 0.318 e. The van der Waals surface area contributed by atoms with Crippen molar-refractivity contribution in [1.82, 2.24) is 10.2 Å². The van der Waals surface area contributed by atoms with Crippen molar-refractivity contribution in [3.05, 3.63) is 35.4 Å². The molecule has 1 unspecified atom stereocenters. The third-order valence-electron chi connectivity index (χ3n) is 4.95. The third-order valence-corrected chi connectivity index (χ3v) is 4.95. The second-order valence-corrected chi connectivity index (χ2v) is 6.98. The molecule has 1 aromatic rings. The minimum Gasteiger partial charge on any atom is -0.468 e. The molecule has 0 saturated carbocycles. The zero-order valence-corrected chi connectivity index (χ0v) is 15.6. The van der Waals surface area contributed by atoms with E-state index in [0.29, 0.717) is 13.0 Å². The molecule has 138 valence electrons. The van der Waals surface area contributed by atoms with Gasteiger partial charge < -0.3 is 10.1 Å². The molecule has 1 amide bonds. The fourth-order valence-corrected chi connectivity index (χ4v) is 3.23. The number of piperidine rings is 1. The number of nitrogens with one attached hydrogen (secondary N) is 1. The highest BCUT2D eigenvalue weighted by atomic mass is 16.5. The van der Waals surface area contributed by atoms with Crippen LogP contribution >= 0.6 is 0 Å². The molecule has 5 nitrogen and oxygen atoms in total. The van der Waals surface area contributed by atoms with Gasteiger partial charge in [-0.2, -0.15) is 0 Å². The summed E-state index contributed by atoms with van der Waals surface area (Å²) in [5, 5.41) is 2.85. The van der Waals surface area contributed by atoms with Gasteiger partial charge in [-0.05, 0) is 49.4 Å². The van der Waals surface area contributed by atoms with Crippen LogP contribution in [0.4, 0.5) is 0 Å². The minimum absolute atomic E-state index is 0.273. The number of likely N-dealkylation sites (tertiary alicyclic amines) is 1. The number of nitrogens with zero attached hydrogens (tertiary/aromatic N) is 1. The molecule has 1 aromatic carbocycles. The second kappa shape index (κ2) is 9.56. The average molecular weight is 346 g/mol. The van der Waals surface area contributed by atoms with Gasteiger partial charge in [0.15, 0.2) is 0 Å². The van der Waals surface area contributed by atoms with Crippen molar-refractivity contribution in [2.75, 3.05) is 20.2 Å². The molecule has 1 heterocycles. The van der Waals surface area contributed by atoms with E-state index in [1.807, 2.05) is 12.1 Å². The van der Waals surface area contributed by atoms with Crippen molar-refractivity contribution in [1.29, 1.82) is 0 Å². The molecule has 0 aromatic heterocycles. The van der Waals surface area contributed by atoms with Crippen LogP contribution in [0.25, 0.3) is 0 Å². The van der Waals surface area contributed by atoms with Crippen molar-refractivity contribution in [2.24, 2.45) is 11.8 Å². The van der Waals surface area contributed by atoms with Crippen LogP contribution < -0.4 is 5.32 Å². The Morgan fingerprint density at radius 3 is 2.60 bits per heavy atom. The first kappa shape index (κ1) is 19.4. The third kappa shape index (κ3) is 5.85. The lowest BCUT2D eigenvalue weighted by Crippen LogP contribution is -2.35. The predicted molar refractivity (Wildman–Crippen MR) is 97.8 cm³/mol. The number of methoxy groups -OCH3 is 1. The topological polar surface area (TPSA) is 58.6 Å². The Hall–Kier alpha value is -1.88. The van der Waals surface area contributed by atoms with E-state index in [1.165, 1.54) is 25.5 Å². The lowest BCUT2D eigenvalue weighted by molar-refractivity contribution is -0.150. The van der Waals surface area contributed by atoms with Gasteiger partial charge in [0.25, 0.3) is 0 Å². The Labute approximate surface area is 150 Å². The van der Waals surface area contributed by atoms with Gasteiger partial charge >= 0.3 is 5.97 Å². The smallest absolute Gasteiger partial charge is 0.318 e. The fraction of sp³-hybridized carbons (Fsp3) is 0.600. The zero-order valence-electron chi connectivity index (χ0n) is 15.6. The molecule has 0 aliphatic carbocycles. The van der Waals surface area contributed by atoms with Crippen LogP contribution in [0.2, 0.25) is 0 Å². The van der Waals surface area contributed by atoms with E-state index in [4.69, 9.17) is 0 Å². The van der Waals surface area contributed by atoms with Crippen LogP contribution in [-0.2, 0) is 27.4 Å². The van der Waals surface area contributed by atoms with Gasteiger partial charge in [-0.1, -0.05) is 38.1 Å². The van der Waals surface area contributed by atoms with E-state index in [0.717, 1.165) is 31.1 Å². The van der Waals surface area contributed by atoms with Gasteiger partial charge in [-0.15, -0.1) is 0 Å². The van der Waals surface area contributed by atoms with E-state index >= 15 is 0 Å². The standard InChI is InChI=1S/C20H30N2O3/c1-4-18(20(24)25-3)19(23)21-13-16-6-5-7-17(12-16)14-22-10-8-15(2)9-11-22/h5-7,12,15,18H,4,8-11,13-14H2,1-3H3,(H,21,23). The fourth-order valence-electron chi connectivity index (χ4n) is 3.23.